The van der Waals surface area contributed by atoms with Crippen molar-refractivity contribution in [3.63, 3.8) is 0 Å². The lowest BCUT2D eigenvalue weighted by Crippen LogP contribution is -2.27. The van der Waals surface area contributed by atoms with Crippen LogP contribution >= 0.6 is 0 Å². The van der Waals surface area contributed by atoms with E-state index in [1.165, 1.54) is 106 Å². The molecule has 8 aromatic heterocycles. The van der Waals surface area contributed by atoms with Crippen LogP contribution in [0, 0.1) is 0 Å². The highest BCUT2D eigenvalue weighted by atomic mass is 15.2. The zero-order valence-electron chi connectivity index (χ0n) is 52.0. The second-order valence-corrected chi connectivity index (χ2v) is 24.7. The van der Waals surface area contributed by atoms with Crippen molar-refractivity contribution in [2.45, 2.75) is 104 Å². The van der Waals surface area contributed by atoms with E-state index in [0.29, 0.717) is 0 Å². The molecule has 0 bridgehead atoms. The number of likely N-dealkylation sites (N-methyl/N-ethyl adjacent to an activating group) is 4. The molecule has 0 saturated carbocycles. The Balaban J connectivity index is 0.000000108. The van der Waals surface area contributed by atoms with Crippen LogP contribution in [0.1, 0.15) is 67.3 Å². The first-order chi connectivity index (χ1) is 43.3. The molecule has 12 heteroatoms. The fourth-order valence-electron chi connectivity index (χ4n) is 14.2. The van der Waals surface area contributed by atoms with Crippen LogP contribution in [0.5, 0.6) is 0 Å². The third-order valence-electron chi connectivity index (χ3n) is 18.8. The molecule has 12 nitrogen and oxygen atoms in total. The molecule has 0 unspecified atom stereocenters. The SMILES string of the molecule is CN1CCc2c(c3cccnc3n2CCc2ccccc2)C1.CN1CCc2c(c3ccncc3n2CCc2ccccc2)C1.CN1CCc2c(c3cnccc3n2CCc2ccccc2)C1.CN1CCc2c(c3ncccc3n2CCc2ccccc2)C1. The van der Waals surface area contributed by atoms with Crippen molar-refractivity contribution in [3.8, 4) is 0 Å². The fraction of sp³-hybridized carbons (Fsp3) is 0.316. The van der Waals surface area contributed by atoms with Gasteiger partial charge in [0.2, 0.25) is 0 Å². The number of aromatic nitrogens is 8. The number of hydrogen-bond donors (Lipinski definition) is 0. The largest absolute Gasteiger partial charge is 0.344 e. The summed E-state index contributed by atoms with van der Waals surface area (Å²) in [4.78, 5) is 27.6. The Morgan fingerprint density at radius 3 is 1.25 bits per heavy atom. The van der Waals surface area contributed by atoms with Crippen LogP contribution < -0.4 is 0 Å². The zero-order valence-corrected chi connectivity index (χ0v) is 52.0. The van der Waals surface area contributed by atoms with Gasteiger partial charge in [-0.3, -0.25) is 15.0 Å². The number of benzene rings is 4. The lowest BCUT2D eigenvalue weighted by Gasteiger charge is -2.24. The van der Waals surface area contributed by atoms with Crippen molar-refractivity contribution in [1.82, 2.24) is 57.8 Å². The molecular formula is C76H84N12. The highest BCUT2D eigenvalue weighted by Gasteiger charge is 2.26. The summed E-state index contributed by atoms with van der Waals surface area (Å²) in [6, 6.07) is 55.9. The third kappa shape index (κ3) is 12.9. The van der Waals surface area contributed by atoms with Gasteiger partial charge in [-0.05, 0) is 129 Å². The highest BCUT2D eigenvalue weighted by molar-refractivity contribution is 5.86. The summed E-state index contributed by atoms with van der Waals surface area (Å²) in [6.45, 7) is 12.8. The lowest BCUT2D eigenvalue weighted by molar-refractivity contribution is 0.309. The molecule has 4 aromatic carbocycles. The average Bonchev–Trinajstić information content (AvgIpc) is 2.18. The van der Waals surface area contributed by atoms with Crippen molar-refractivity contribution in [1.29, 1.82) is 0 Å². The van der Waals surface area contributed by atoms with Crippen LogP contribution in [-0.4, -0.2) is 112 Å². The van der Waals surface area contributed by atoms with Crippen molar-refractivity contribution < 1.29 is 0 Å². The molecule has 0 amide bonds. The number of fused-ring (bicyclic) bond motifs is 12. The maximum Gasteiger partial charge on any atom is 0.140 e. The van der Waals surface area contributed by atoms with Crippen LogP contribution in [0.4, 0.5) is 0 Å². The number of aryl methyl sites for hydroxylation is 8. The minimum Gasteiger partial charge on any atom is -0.344 e. The Bertz CT molecular complexity index is 3710. The van der Waals surface area contributed by atoms with E-state index in [9.17, 15) is 0 Å². The molecule has 16 rings (SSSR count). The quantitative estimate of drug-likeness (QED) is 0.120. The Morgan fingerprint density at radius 2 is 0.716 bits per heavy atom. The van der Waals surface area contributed by atoms with E-state index in [1.54, 1.807) is 0 Å². The molecule has 0 radical (unpaired) electrons. The summed E-state index contributed by atoms with van der Waals surface area (Å²) in [6.07, 6.45) is 20.5. The third-order valence-corrected chi connectivity index (χ3v) is 18.8. The van der Waals surface area contributed by atoms with E-state index in [2.05, 4.69) is 244 Å². The van der Waals surface area contributed by atoms with Crippen LogP contribution in [0.3, 0.4) is 0 Å². The standard InChI is InChI=1S/4C19H21N3/c1-21-12-10-17-16(14-21)19-18(8-5-11-20-19)22(17)13-9-15-6-3-2-4-7-15;1-21-12-10-18-17(14-21)16-8-5-11-20-19(16)22(18)13-9-15-6-3-2-4-7-15;1-21-11-9-19-17(14-21)16-13-20-10-7-18(16)22(19)12-8-15-5-3-2-4-6-15;1-21-11-9-18-17(14-21)16-7-10-20-13-19(16)22(18)12-8-15-5-3-2-4-6-15/h2*2-8,11H,9-10,12-14H2,1H3;2*2-7,10,13H,8-9,11-12,14H2,1H3. The smallest absolute Gasteiger partial charge is 0.140 e. The molecule has 4 aliphatic heterocycles. The molecule has 0 spiro atoms. The van der Waals surface area contributed by atoms with Crippen molar-refractivity contribution in [3.05, 3.63) is 262 Å². The molecule has 4 aliphatic rings. The monoisotopic (exact) mass is 1160 g/mol. The molecule has 0 fully saturated rings. The first-order valence-corrected chi connectivity index (χ1v) is 32.0. The number of pyridine rings is 4. The molecule has 12 aromatic rings. The van der Waals surface area contributed by atoms with Gasteiger partial charge in [-0.15, -0.1) is 0 Å². The van der Waals surface area contributed by atoms with Gasteiger partial charge in [0.15, 0.2) is 0 Å². The normalized spacial score (nSPS) is 15.1. The van der Waals surface area contributed by atoms with Crippen molar-refractivity contribution in [2.24, 2.45) is 0 Å². The van der Waals surface area contributed by atoms with E-state index in [4.69, 9.17) is 0 Å². The summed E-state index contributed by atoms with van der Waals surface area (Å²) in [5, 5.41) is 4.04. The van der Waals surface area contributed by atoms with E-state index in [1.807, 2.05) is 37.2 Å². The van der Waals surface area contributed by atoms with E-state index in [-0.39, 0.29) is 0 Å². The zero-order chi connectivity index (χ0) is 59.8. The predicted molar refractivity (Wildman–Crippen MR) is 360 cm³/mol. The fourth-order valence-corrected chi connectivity index (χ4v) is 14.2. The van der Waals surface area contributed by atoms with Gasteiger partial charge in [-0.1, -0.05) is 121 Å². The minimum absolute atomic E-state index is 1.01. The first-order valence-electron chi connectivity index (χ1n) is 32.0. The molecule has 0 atom stereocenters. The van der Waals surface area contributed by atoms with Crippen LogP contribution in [0.25, 0.3) is 43.9 Å². The molecule has 12 heterocycles. The van der Waals surface area contributed by atoms with E-state index >= 15 is 0 Å². The maximum atomic E-state index is 4.67. The number of rotatable bonds is 12. The molecule has 0 saturated heterocycles. The van der Waals surface area contributed by atoms with Gasteiger partial charge >= 0.3 is 0 Å². The van der Waals surface area contributed by atoms with Gasteiger partial charge in [0.1, 0.15) is 5.65 Å². The van der Waals surface area contributed by atoms with Crippen molar-refractivity contribution in [2.75, 3.05) is 54.4 Å². The molecular weight excluding hydrogens is 1080 g/mol. The summed E-state index contributed by atoms with van der Waals surface area (Å²) >= 11 is 0. The minimum atomic E-state index is 1.01. The van der Waals surface area contributed by atoms with Gasteiger partial charge in [0, 0.05) is 180 Å². The lowest BCUT2D eigenvalue weighted by atomic mass is 10.1. The van der Waals surface area contributed by atoms with Gasteiger partial charge in [-0.25, -0.2) is 4.98 Å². The van der Waals surface area contributed by atoms with E-state index in [0.717, 1.165) is 136 Å². The Hall–Kier alpha value is -8.52. The van der Waals surface area contributed by atoms with Gasteiger partial charge < -0.3 is 37.9 Å². The number of hydrogen-bond acceptors (Lipinski definition) is 8. The van der Waals surface area contributed by atoms with Gasteiger partial charge in [0.05, 0.1) is 28.3 Å². The summed E-state index contributed by atoms with van der Waals surface area (Å²) in [7, 11) is 8.80. The predicted octanol–water partition coefficient (Wildman–Crippen LogP) is 13.1. The second-order valence-electron chi connectivity index (χ2n) is 24.7. The maximum absolute atomic E-state index is 4.67. The van der Waals surface area contributed by atoms with Crippen LogP contribution in [-0.2, 0) is 104 Å². The highest BCUT2D eigenvalue weighted by Crippen LogP contribution is 2.34. The summed E-state index contributed by atoms with van der Waals surface area (Å²) < 4.78 is 9.96. The summed E-state index contributed by atoms with van der Waals surface area (Å²) in [5.74, 6) is 0. The van der Waals surface area contributed by atoms with Crippen LogP contribution in [0.15, 0.2) is 195 Å². The summed E-state index contributed by atoms with van der Waals surface area (Å²) in [5.41, 5.74) is 23.7. The van der Waals surface area contributed by atoms with Crippen molar-refractivity contribution >= 4 is 43.9 Å². The van der Waals surface area contributed by atoms with E-state index < -0.39 is 0 Å². The Kier molecular flexibility index (Phi) is 18.1. The molecule has 0 N–H and O–H groups in total. The molecule has 0 aliphatic carbocycles. The topological polar surface area (TPSA) is 84.2 Å². The molecule has 88 heavy (non-hydrogen) atoms. The first kappa shape index (κ1) is 58.5. The Labute approximate surface area is 519 Å². The second kappa shape index (κ2) is 27.3. The Morgan fingerprint density at radius 1 is 0.318 bits per heavy atom. The average molecular weight is 1170 g/mol. The van der Waals surface area contributed by atoms with Gasteiger partial charge in [-0.2, -0.15) is 0 Å². The number of nitrogens with zero attached hydrogens (tertiary/aromatic N) is 12. The molecule has 448 valence electrons. The van der Waals surface area contributed by atoms with Gasteiger partial charge in [0.25, 0.3) is 0 Å². The van der Waals surface area contributed by atoms with Crippen LogP contribution in [0.2, 0.25) is 0 Å².